The van der Waals surface area contributed by atoms with E-state index in [1.54, 1.807) is 17.8 Å². The summed E-state index contributed by atoms with van der Waals surface area (Å²) in [7, 11) is 1.61. The molecule has 10 nitrogen and oxygen atoms in total. The number of ether oxygens (including phenoxy) is 2. The van der Waals surface area contributed by atoms with E-state index in [0.29, 0.717) is 29.2 Å². The summed E-state index contributed by atoms with van der Waals surface area (Å²) < 4.78 is 16.3. The lowest BCUT2D eigenvalue weighted by atomic mass is 10.1. The maximum Gasteiger partial charge on any atom is 0.278 e. The molecule has 0 bridgehead atoms. The van der Waals surface area contributed by atoms with Gasteiger partial charge in [0.25, 0.3) is 5.56 Å². The van der Waals surface area contributed by atoms with E-state index in [9.17, 15) is 10.1 Å². The summed E-state index contributed by atoms with van der Waals surface area (Å²) in [5, 5.41) is 17.9. The van der Waals surface area contributed by atoms with E-state index in [-0.39, 0.29) is 17.7 Å². The Morgan fingerprint density at radius 1 is 1.25 bits per heavy atom. The van der Waals surface area contributed by atoms with Gasteiger partial charge in [0.2, 0.25) is 6.19 Å². The van der Waals surface area contributed by atoms with Crippen LogP contribution in [0.3, 0.4) is 0 Å². The molecule has 0 spiro atoms. The number of fused-ring (bicyclic) bond motifs is 3. The zero-order valence-electron chi connectivity index (χ0n) is 17.7. The summed E-state index contributed by atoms with van der Waals surface area (Å²) in [6.45, 7) is 2.60. The maximum atomic E-state index is 13.9. The molecule has 2 fully saturated rings. The van der Waals surface area contributed by atoms with Crippen molar-refractivity contribution in [2.75, 3.05) is 13.7 Å². The van der Waals surface area contributed by atoms with Crippen molar-refractivity contribution < 1.29 is 9.47 Å². The number of nitriles is 1. The first kappa shape index (κ1) is 19.2. The fraction of sp³-hybridized carbons (Fsp3) is 0.409. The average molecular weight is 431 g/mol. The lowest BCUT2D eigenvalue weighted by Gasteiger charge is -2.21. The predicted molar refractivity (Wildman–Crippen MR) is 114 cm³/mol. The second kappa shape index (κ2) is 6.72. The highest BCUT2D eigenvalue weighted by Gasteiger charge is 2.51. The van der Waals surface area contributed by atoms with Crippen molar-refractivity contribution in [3.63, 3.8) is 0 Å². The number of imidazole rings is 1. The highest BCUT2D eigenvalue weighted by molar-refractivity contribution is 5.85. The van der Waals surface area contributed by atoms with Crippen molar-refractivity contribution in [3.05, 3.63) is 46.6 Å². The Morgan fingerprint density at radius 2 is 2.03 bits per heavy atom. The highest BCUT2D eigenvalue weighted by atomic mass is 16.5. The molecule has 0 N–H and O–H groups in total. The molecule has 162 valence electrons. The number of para-hydroxylation sites is 2. The monoisotopic (exact) mass is 431 g/mol. The first-order valence-corrected chi connectivity index (χ1v) is 10.6. The molecule has 32 heavy (non-hydrogen) atoms. The third kappa shape index (κ3) is 2.46. The van der Waals surface area contributed by atoms with Gasteiger partial charge in [0.15, 0.2) is 0 Å². The zero-order valence-corrected chi connectivity index (χ0v) is 17.7. The second-order valence-corrected chi connectivity index (χ2v) is 8.40. The molecule has 2 atom stereocenters. The third-order valence-corrected chi connectivity index (χ3v) is 6.77. The van der Waals surface area contributed by atoms with Crippen LogP contribution in [0.1, 0.15) is 37.9 Å². The molecule has 4 heterocycles. The minimum absolute atomic E-state index is 0.0804. The Bertz CT molecular complexity index is 1470. The second-order valence-electron chi connectivity index (χ2n) is 8.40. The first-order valence-electron chi connectivity index (χ1n) is 10.6. The van der Waals surface area contributed by atoms with Gasteiger partial charge in [-0.3, -0.25) is 13.8 Å². The van der Waals surface area contributed by atoms with Crippen LogP contribution in [0, 0.1) is 11.5 Å². The van der Waals surface area contributed by atoms with Crippen molar-refractivity contribution in [2.24, 2.45) is 0 Å². The number of benzene rings is 1. The van der Waals surface area contributed by atoms with Gasteiger partial charge in [-0.15, -0.1) is 9.78 Å². The van der Waals surface area contributed by atoms with Crippen LogP contribution in [-0.2, 0) is 15.1 Å². The Hall–Kier alpha value is -3.55. The zero-order chi connectivity index (χ0) is 22.0. The van der Waals surface area contributed by atoms with Crippen LogP contribution < -0.4 is 5.56 Å². The molecular weight excluding hydrogens is 410 g/mol. The maximum absolute atomic E-state index is 13.9. The van der Waals surface area contributed by atoms with Crippen molar-refractivity contribution >= 4 is 16.6 Å². The van der Waals surface area contributed by atoms with Gasteiger partial charge in [0.05, 0.1) is 23.2 Å². The standard InChI is InChI=1S/C22H21N7O3/c1-13-14(7-10-32-13)29-16-6-4-3-5-15(16)27-12-24-17(19(27)21(29)30)18-20(22(31-2)8-9-22)28(11-23)26-25-18/h3-6,12-14H,7-10H2,1-2H3. The van der Waals surface area contributed by atoms with Gasteiger partial charge in [-0.1, -0.05) is 17.3 Å². The molecule has 1 saturated heterocycles. The van der Waals surface area contributed by atoms with Crippen LogP contribution in [0.25, 0.3) is 27.9 Å². The fourth-order valence-electron chi connectivity index (χ4n) is 4.96. The van der Waals surface area contributed by atoms with E-state index < -0.39 is 5.60 Å². The van der Waals surface area contributed by atoms with Crippen LogP contribution in [0.5, 0.6) is 0 Å². The van der Waals surface area contributed by atoms with Crippen molar-refractivity contribution in [2.45, 2.75) is 43.9 Å². The van der Waals surface area contributed by atoms with E-state index >= 15 is 0 Å². The van der Waals surface area contributed by atoms with Gasteiger partial charge in [0.1, 0.15) is 34.5 Å². The van der Waals surface area contributed by atoms with Crippen molar-refractivity contribution in [1.82, 2.24) is 28.9 Å². The molecule has 2 aliphatic rings. The molecule has 1 aromatic carbocycles. The van der Waals surface area contributed by atoms with Crippen LogP contribution in [0.15, 0.2) is 35.4 Å². The van der Waals surface area contributed by atoms with Crippen LogP contribution in [0.2, 0.25) is 0 Å². The van der Waals surface area contributed by atoms with Crippen LogP contribution in [0.4, 0.5) is 0 Å². The average Bonchev–Trinajstić information content (AvgIpc) is 3.14. The number of rotatable bonds is 4. The molecular formula is C22H21N7O3. The Labute approximate surface area is 182 Å². The van der Waals surface area contributed by atoms with E-state index in [1.807, 2.05) is 41.9 Å². The minimum Gasteiger partial charge on any atom is -0.376 e. The van der Waals surface area contributed by atoms with Crippen molar-refractivity contribution in [1.29, 1.82) is 5.26 Å². The molecule has 3 aromatic heterocycles. The topological polar surface area (TPSA) is 112 Å². The fourth-order valence-corrected chi connectivity index (χ4v) is 4.96. The minimum atomic E-state index is -0.631. The SMILES string of the molecule is COC1(c2c(-c3ncn4c3c(=O)n(C3CCOC3C)c3ccccc34)nnn2C#N)CC1. The van der Waals surface area contributed by atoms with E-state index in [1.165, 1.54) is 4.68 Å². The summed E-state index contributed by atoms with van der Waals surface area (Å²) in [5.41, 5.74) is 2.64. The Kier molecular flexibility index (Phi) is 4.02. The molecule has 2 unspecified atom stereocenters. The summed E-state index contributed by atoms with van der Waals surface area (Å²) in [4.78, 5) is 18.5. The summed E-state index contributed by atoms with van der Waals surface area (Å²) in [6.07, 6.45) is 5.85. The number of nitrogens with zero attached hydrogens (tertiary/aromatic N) is 7. The van der Waals surface area contributed by atoms with Crippen molar-refractivity contribution in [3.8, 4) is 17.6 Å². The number of methoxy groups -OCH3 is 1. The van der Waals surface area contributed by atoms with Gasteiger partial charge in [-0.05, 0) is 38.3 Å². The summed E-state index contributed by atoms with van der Waals surface area (Å²) in [5.74, 6) is 0. The number of aromatic nitrogens is 6. The molecule has 1 aliphatic heterocycles. The molecule has 0 amide bonds. The predicted octanol–water partition coefficient (Wildman–Crippen LogP) is 2.22. The van der Waals surface area contributed by atoms with E-state index in [4.69, 9.17) is 9.47 Å². The third-order valence-electron chi connectivity index (χ3n) is 6.77. The van der Waals surface area contributed by atoms with Crippen LogP contribution in [-0.4, -0.2) is 48.8 Å². The number of hydrogen-bond acceptors (Lipinski definition) is 7. The molecule has 1 saturated carbocycles. The van der Waals surface area contributed by atoms with E-state index in [0.717, 1.165) is 30.3 Å². The normalized spacial score (nSPS) is 21.9. The lowest BCUT2D eigenvalue weighted by Crippen LogP contribution is -2.30. The van der Waals surface area contributed by atoms with Gasteiger partial charge in [0, 0.05) is 13.7 Å². The lowest BCUT2D eigenvalue weighted by molar-refractivity contribution is 0.0736. The quantitative estimate of drug-likeness (QED) is 0.487. The molecule has 0 radical (unpaired) electrons. The molecule has 10 heteroatoms. The van der Waals surface area contributed by atoms with Gasteiger partial charge in [-0.2, -0.15) is 5.26 Å². The van der Waals surface area contributed by atoms with Crippen LogP contribution >= 0.6 is 0 Å². The summed E-state index contributed by atoms with van der Waals surface area (Å²) >= 11 is 0. The molecule has 6 rings (SSSR count). The molecule has 1 aliphatic carbocycles. The largest absolute Gasteiger partial charge is 0.376 e. The van der Waals surface area contributed by atoms with Gasteiger partial charge < -0.3 is 9.47 Å². The smallest absolute Gasteiger partial charge is 0.278 e. The van der Waals surface area contributed by atoms with E-state index in [2.05, 4.69) is 15.3 Å². The first-order chi connectivity index (χ1) is 15.6. The number of hydrogen-bond donors (Lipinski definition) is 0. The summed E-state index contributed by atoms with van der Waals surface area (Å²) in [6, 6.07) is 7.70. The van der Waals surface area contributed by atoms with Gasteiger partial charge >= 0.3 is 0 Å². The Morgan fingerprint density at radius 3 is 2.69 bits per heavy atom. The highest BCUT2D eigenvalue weighted by Crippen LogP contribution is 2.51. The van der Waals surface area contributed by atoms with Gasteiger partial charge in [-0.25, -0.2) is 4.98 Å². The molecule has 4 aromatic rings. The Balaban J connectivity index is 1.69.